The SMILES string of the molecule is CCN(C)CC(=O)N1CCCNCC1. The zero-order chi connectivity index (χ0) is 10.4. The van der Waals surface area contributed by atoms with Crippen molar-refractivity contribution in [3.8, 4) is 0 Å². The van der Waals surface area contributed by atoms with Gasteiger partial charge in [0.1, 0.15) is 0 Å². The summed E-state index contributed by atoms with van der Waals surface area (Å²) in [6.45, 7) is 7.28. The summed E-state index contributed by atoms with van der Waals surface area (Å²) >= 11 is 0. The van der Waals surface area contributed by atoms with E-state index in [-0.39, 0.29) is 5.91 Å². The maximum atomic E-state index is 11.8. The van der Waals surface area contributed by atoms with Crippen LogP contribution in [0.1, 0.15) is 13.3 Å². The van der Waals surface area contributed by atoms with Crippen molar-refractivity contribution in [1.82, 2.24) is 15.1 Å². The number of nitrogens with one attached hydrogen (secondary N) is 1. The van der Waals surface area contributed by atoms with Crippen molar-refractivity contribution in [1.29, 1.82) is 0 Å². The van der Waals surface area contributed by atoms with Crippen molar-refractivity contribution in [3.63, 3.8) is 0 Å². The second-order valence-electron chi connectivity index (χ2n) is 3.81. The standard InChI is InChI=1S/C10H21N3O/c1-3-12(2)9-10(14)13-7-4-5-11-6-8-13/h11H,3-9H2,1-2H3. The van der Waals surface area contributed by atoms with Crippen LogP contribution < -0.4 is 5.32 Å². The third-order valence-corrected chi connectivity index (χ3v) is 2.64. The lowest BCUT2D eigenvalue weighted by Gasteiger charge is -2.23. The lowest BCUT2D eigenvalue weighted by Crippen LogP contribution is -2.40. The Morgan fingerprint density at radius 3 is 2.93 bits per heavy atom. The summed E-state index contributed by atoms with van der Waals surface area (Å²) < 4.78 is 0. The van der Waals surface area contributed by atoms with E-state index in [2.05, 4.69) is 12.2 Å². The van der Waals surface area contributed by atoms with Crippen LogP contribution in [-0.2, 0) is 4.79 Å². The molecule has 1 N–H and O–H groups in total. The largest absolute Gasteiger partial charge is 0.340 e. The molecule has 1 heterocycles. The van der Waals surface area contributed by atoms with Crippen molar-refractivity contribution in [2.45, 2.75) is 13.3 Å². The summed E-state index contributed by atoms with van der Waals surface area (Å²) in [5.74, 6) is 0.262. The maximum Gasteiger partial charge on any atom is 0.236 e. The van der Waals surface area contributed by atoms with E-state index in [1.165, 1.54) is 0 Å². The average Bonchev–Trinajstić information content (AvgIpc) is 2.45. The Labute approximate surface area is 86.2 Å². The number of nitrogens with zero attached hydrogens (tertiary/aromatic N) is 2. The van der Waals surface area contributed by atoms with Crippen LogP contribution in [0.3, 0.4) is 0 Å². The minimum atomic E-state index is 0.262. The molecule has 0 radical (unpaired) electrons. The van der Waals surface area contributed by atoms with E-state index in [1.807, 2.05) is 16.8 Å². The van der Waals surface area contributed by atoms with E-state index >= 15 is 0 Å². The van der Waals surface area contributed by atoms with Crippen LogP contribution in [0.4, 0.5) is 0 Å². The summed E-state index contributed by atoms with van der Waals surface area (Å²) in [4.78, 5) is 15.8. The highest BCUT2D eigenvalue weighted by molar-refractivity contribution is 5.78. The molecule has 4 nitrogen and oxygen atoms in total. The Morgan fingerprint density at radius 2 is 2.21 bits per heavy atom. The summed E-state index contributed by atoms with van der Waals surface area (Å²) in [6.07, 6.45) is 1.07. The van der Waals surface area contributed by atoms with Gasteiger partial charge in [0.25, 0.3) is 0 Å². The highest BCUT2D eigenvalue weighted by atomic mass is 16.2. The average molecular weight is 199 g/mol. The number of likely N-dealkylation sites (N-methyl/N-ethyl adjacent to an activating group) is 1. The van der Waals surface area contributed by atoms with E-state index in [4.69, 9.17) is 0 Å². The Kier molecular flexibility index (Phi) is 4.90. The molecule has 0 aromatic carbocycles. The third kappa shape index (κ3) is 3.64. The molecule has 1 amide bonds. The molecule has 14 heavy (non-hydrogen) atoms. The highest BCUT2D eigenvalue weighted by Gasteiger charge is 2.15. The number of carbonyl (C=O) groups is 1. The van der Waals surface area contributed by atoms with Crippen LogP contribution in [0.15, 0.2) is 0 Å². The Morgan fingerprint density at radius 1 is 1.43 bits per heavy atom. The molecule has 0 unspecified atom stereocenters. The molecule has 0 spiro atoms. The van der Waals surface area contributed by atoms with Gasteiger partial charge in [-0.05, 0) is 26.6 Å². The fraction of sp³-hybridized carbons (Fsp3) is 0.900. The van der Waals surface area contributed by atoms with E-state index < -0.39 is 0 Å². The lowest BCUT2D eigenvalue weighted by molar-refractivity contribution is -0.131. The van der Waals surface area contributed by atoms with Gasteiger partial charge in [-0.1, -0.05) is 6.92 Å². The predicted molar refractivity (Wildman–Crippen MR) is 57.2 cm³/mol. The first-order valence-electron chi connectivity index (χ1n) is 5.41. The molecule has 1 fully saturated rings. The van der Waals surface area contributed by atoms with Gasteiger partial charge in [-0.3, -0.25) is 9.69 Å². The van der Waals surface area contributed by atoms with Gasteiger partial charge < -0.3 is 10.2 Å². The molecule has 0 aliphatic carbocycles. The Bertz CT molecular complexity index is 176. The third-order valence-electron chi connectivity index (χ3n) is 2.64. The Hall–Kier alpha value is -0.610. The summed E-state index contributed by atoms with van der Waals surface area (Å²) in [5, 5.41) is 3.29. The van der Waals surface area contributed by atoms with Crippen molar-refractivity contribution in [2.75, 3.05) is 46.3 Å². The van der Waals surface area contributed by atoms with Gasteiger partial charge in [-0.15, -0.1) is 0 Å². The second kappa shape index (κ2) is 5.98. The van der Waals surface area contributed by atoms with E-state index in [9.17, 15) is 4.79 Å². The summed E-state index contributed by atoms with van der Waals surface area (Å²) in [6, 6.07) is 0. The fourth-order valence-corrected chi connectivity index (χ4v) is 1.54. The van der Waals surface area contributed by atoms with Gasteiger partial charge in [-0.25, -0.2) is 0 Å². The number of hydrogen-bond donors (Lipinski definition) is 1. The van der Waals surface area contributed by atoms with Crippen molar-refractivity contribution in [2.24, 2.45) is 0 Å². The first kappa shape index (κ1) is 11.5. The van der Waals surface area contributed by atoms with Gasteiger partial charge in [-0.2, -0.15) is 0 Å². The van der Waals surface area contributed by atoms with Crippen molar-refractivity contribution in [3.05, 3.63) is 0 Å². The molecule has 0 aromatic rings. The van der Waals surface area contributed by atoms with Gasteiger partial charge in [0, 0.05) is 19.6 Å². The predicted octanol–water partition coefficient (Wildman–Crippen LogP) is -0.240. The molecule has 1 saturated heterocycles. The van der Waals surface area contributed by atoms with Crippen LogP contribution in [0.25, 0.3) is 0 Å². The summed E-state index contributed by atoms with van der Waals surface area (Å²) in [5.41, 5.74) is 0. The van der Waals surface area contributed by atoms with Crippen molar-refractivity contribution >= 4 is 5.91 Å². The summed E-state index contributed by atoms with van der Waals surface area (Å²) in [7, 11) is 1.98. The van der Waals surface area contributed by atoms with Crippen LogP contribution >= 0.6 is 0 Å². The molecule has 82 valence electrons. The van der Waals surface area contributed by atoms with E-state index in [1.54, 1.807) is 0 Å². The van der Waals surface area contributed by atoms with Crippen LogP contribution in [0.2, 0.25) is 0 Å². The molecule has 1 aliphatic heterocycles. The molecular formula is C10H21N3O. The van der Waals surface area contributed by atoms with Gasteiger partial charge >= 0.3 is 0 Å². The molecule has 0 bridgehead atoms. The minimum Gasteiger partial charge on any atom is -0.340 e. The van der Waals surface area contributed by atoms with Crippen molar-refractivity contribution < 1.29 is 4.79 Å². The van der Waals surface area contributed by atoms with Gasteiger partial charge in [0.15, 0.2) is 0 Å². The molecular weight excluding hydrogens is 178 g/mol. The van der Waals surface area contributed by atoms with Crippen LogP contribution in [0, 0.1) is 0 Å². The number of hydrogen-bond acceptors (Lipinski definition) is 3. The molecule has 0 saturated carbocycles. The molecule has 0 atom stereocenters. The first-order valence-corrected chi connectivity index (χ1v) is 5.41. The number of rotatable bonds is 3. The molecule has 4 heteroatoms. The smallest absolute Gasteiger partial charge is 0.236 e. The van der Waals surface area contributed by atoms with Gasteiger partial charge in [0.2, 0.25) is 5.91 Å². The Balaban J connectivity index is 2.34. The zero-order valence-corrected chi connectivity index (χ0v) is 9.25. The number of carbonyl (C=O) groups excluding carboxylic acids is 1. The highest BCUT2D eigenvalue weighted by Crippen LogP contribution is 1.97. The normalized spacial score (nSPS) is 18.4. The fourth-order valence-electron chi connectivity index (χ4n) is 1.54. The second-order valence-corrected chi connectivity index (χ2v) is 3.81. The van der Waals surface area contributed by atoms with E-state index in [0.29, 0.717) is 6.54 Å². The minimum absolute atomic E-state index is 0.262. The maximum absolute atomic E-state index is 11.8. The topological polar surface area (TPSA) is 35.6 Å². The molecule has 1 rings (SSSR count). The monoisotopic (exact) mass is 199 g/mol. The molecule has 0 aromatic heterocycles. The first-order chi connectivity index (χ1) is 6.74. The van der Waals surface area contributed by atoms with Crippen LogP contribution in [0.5, 0.6) is 0 Å². The van der Waals surface area contributed by atoms with Crippen LogP contribution in [-0.4, -0.2) is 62.0 Å². The van der Waals surface area contributed by atoms with Gasteiger partial charge in [0.05, 0.1) is 6.54 Å². The number of amides is 1. The quantitative estimate of drug-likeness (QED) is 0.681. The molecule has 1 aliphatic rings. The lowest BCUT2D eigenvalue weighted by atomic mass is 10.3. The zero-order valence-electron chi connectivity index (χ0n) is 9.25. The van der Waals surface area contributed by atoms with E-state index in [0.717, 1.165) is 39.1 Å².